The lowest BCUT2D eigenvalue weighted by atomic mass is 10.1. The average molecular weight is 258 g/mol. The van der Waals surface area contributed by atoms with E-state index in [0.717, 1.165) is 42.5 Å². The first-order valence-electron chi connectivity index (χ1n) is 6.64. The van der Waals surface area contributed by atoms with Gasteiger partial charge in [-0.15, -0.1) is 10.2 Å². The van der Waals surface area contributed by atoms with Crippen LogP contribution >= 0.6 is 0 Å². The number of benzene rings is 1. The first-order valence-corrected chi connectivity index (χ1v) is 6.64. The lowest BCUT2D eigenvalue weighted by molar-refractivity contribution is 0.407. The van der Waals surface area contributed by atoms with Gasteiger partial charge in [0.1, 0.15) is 5.75 Å². The molecule has 1 aliphatic heterocycles. The molecule has 100 valence electrons. The SMILES string of the molecule is CCC1NCCn2c(-c3ccc(OC)cc3)nnc21. The minimum Gasteiger partial charge on any atom is -0.497 e. The number of methoxy groups -OCH3 is 1. The van der Waals surface area contributed by atoms with Crippen LogP contribution in [0.1, 0.15) is 25.2 Å². The van der Waals surface area contributed by atoms with Gasteiger partial charge in [0, 0.05) is 18.7 Å². The van der Waals surface area contributed by atoms with Gasteiger partial charge in [-0.3, -0.25) is 0 Å². The molecule has 0 fully saturated rings. The summed E-state index contributed by atoms with van der Waals surface area (Å²) in [6.45, 7) is 4.04. The molecule has 1 unspecified atom stereocenters. The van der Waals surface area contributed by atoms with Crippen LogP contribution in [0.25, 0.3) is 11.4 Å². The van der Waals surface area contributed by atoms with Crippen molar-refractivity contribution in [3.8, 4) is 17.1 Å². The van der Waals surface area contributed by atoms with Crippen molar-refractivity contribution in [2.24, 2.45) is 0 Å². The Kier molecular flexibility index (Phi) is 3.21. The van der Waals surface area contributed by atoms with E-state index in [-0.39, 0.29) is 0 Å². The maximum Gasteiger partial charge on any atom is 0.164 e. The number of aromatic nitrogens is 3. The van der Waals surface area contributed by atoms with E-state index in [0.29, 0.717) is 6.04 Å². The van der Waals surface area contributed by atoms with Crippen LogP contribution in [-0.4, -0.2) is 28.4 Å². The Hall–Kier alpha value is -1.88. The highest BCUT2D eigenvalue weighted by molar-refractivity contribution is 5.57. The topological polar surface area (TPSA) is 52.0 Å². The molecule has 1 aromatic heterocycles. The van der Waals surface area contributed by atoms with Gasteiger partial charge in [-0.05, 0) is 30.7 Å². The van der Waals surface area contributed by atoms with Crippen molar-refractivity contribution in [2.75, 3.05) is 13.7 Å². The van der Waals surface area contributed by atoms with Crippen molar-refractivity contribution in [3.63, 3.8) is 0 Å². The number of hydrogen-bond donors (Lipinski definition) is 1. The Morgan fingerprint density at radius 3 is 2.79 bits per heavy atom. The number of rotatable bonds is 3. The second-order valence-electron chi connectivity index (χ2n) is 4.68. The van der Waals surface area contributed by atoms with Crippen LogP contribution in [0.4, 0.5) is 0 Å². The molecule has 2 aromatic rings. The Bertz CT molecular complexity index is 561. The van der Waals surface area contributed by atoms with Crippen molar-refractivity contribution in [1.82, 2.24) is 20.1 Å². The minimum absolute atomic E-state index is 0.313. The number of nitrogens with one attached hydrogen (secondary N) is 1. The van der Waals surface area contributed by atoms with E-state index >= 15 is 0 Å². The Balaban J connectivity index is 1.99. The third kappa shape index (κ3) is 2.10. The van der Waals surface area contributed by atoms with Gasteiger partial charge in [0.05, 0.1) is 13.2 Å². The van der Waals surface area contributed by atoms with Gasteiger partial charge in [-0.25, -0.2) is 0 Å². The summed E-state index contributed by atoms with van der Waals surface area (Å²) in [4.78, 5) is 0. The Morgan fingerprint density at radius 2 is 2.11 bits per heavy atom. The molecular weight excluding hydrogens is 240 g/mol. The highest BCUT2D eigenvalue weighted by atomic mass is 16.5. The van der Waals surface area contributed by atoms with Crippen LogP contribution in [0.3, 0.4) is 0 Å². The predicted octanol–water partition coefficient (Wildman–Crippen LogP) is 2.01. The summed E-state index contributed by atoms with van der Waals surface area (Å²) in [6.07, 6.45) is 1.03. The van der Waals surface area contributed by atoms with Crippen LogP contribution in [0.5, 0.6) is 5.75 Å². The fourth-order valence-electron chi connectivity index (χ4n) is 2.52. The summed E-state index contributed by atoms with van der Waals surface area (Å²) < 4.78 is 7.40. The van der Waals surface area contributed by atoms with E-state index in [4.69, 9.17) is 4.74 Å². The summed E-state index contributed by atoms with van der Waals surface area (Å²) in [5, 5.41) is 12.2. The zero-order chi connectivity index (χ0) is 13.2. The molecule has 1 aromatic carbocycles. The maximum absolute atomic E-state index is 5.18. The van der Waals surface area contributed by atoms with E-state index in [1.165, 1.54) is 0 Å². The zero-order valence-electron chi connectivity index (χ0n) is 11.3. The molecule has 0 radical (unpaired) electrons. The largest absolute Gasteiger partial charge is 0.497 e. The van der Waals surface area contributed by atoms with Crippen molar-refractivity contribution in [1.29, 1.82) is 0 Å². The second-order valence-corrected chi connectivity index (χ2v) is 4.68. The lowest BCUT2D eigenvalue weighted by Crippen LogP contribution is -2.33. The molecule has 5 heteroatoms. The van der Waals surface area contributed by atoms with Crippen LogP contribution in [0.2, 0.25) is 0 Å². The molecule has 19 heavy (non-hydrogen) atoms. The van der Waals surface area contributed by atoms with Gasteiger partial charge in [0.15, 0.2) is 11.6 Å². The maximum atomic E-state index is 5.18. The van der Waals surface area contributed by atoms with E-state index in [1.807, 2.05) is 24.3 Å². The van der Waals surface area contributed by atoms with Gasteiger partial charge >= 0.3 is 0 Å². The van der Waals surface area contributed by atoms with Gasteiger partial charge in [-0.2, -0.15) is 0 Å². The summed E-state index contributed by atoms with van der Waals surface area (Å²) >= 11 is 0. The summed E-state index contributed by atoms with van der Waals surface area (Å²) in [5.41, 5.74) is 1.08. The van der Waals surface area contributed by atoms with Gasteiger partial charge in [-0.1, -0.05) is 6.92 Å². The minimum atomic E-state index is 0.313. The molecular formula is C14H18N4O. The normalized spacial score (nSPS) is 18.1. The smallest absolute Gasteiger partial charge is 0.164 e. The highest BCUT2D eigenvalue weighted by Crippen LogP contribution is 2.26. The van der Waals surface area contributed by atoms with Crippen molar-refractivity contribution in [2.45, 2.75) is 25.9 Å². The molecule has 2 heterocycles. The fraction of sp³-hybridized carbons (Fsp3) is 0.429. The molecule has 5 nitrogen and oxygen atoms in total. The number of fused-ring (bicyclic) bond motifs is 1. The molecule has 1 N–H and O–H groups in total. The Labute approximate surface area is 112 Å². The fourth-order valence-corrected chi connectivity index (χ4v) is 2.52. The monoisotopic (exact) mass is 258 g/mol. The van der Waals surface area contributed by atoms with E-state index < -0.39 is 0 Å². The molecule has 3 rings (SSSR count). The average Bonchev–Trinajstić information content (AvgIpc) is 2.91. The number of ether oxygens (including phenoxy) is 1. The van der Waals surface area contributed by atoms with E-state index in [1.54, 1.807) is 7.11 Å². The summed E-state index contributed by atoms with van der Waals surface area (Å²) in [6, 6.07) is 8.27. The number of hydrogen-bond acceptors (Lipinski definition) is 4. The third-order valence-corrected chi connectivity index (χ3v) is 3.57. The van der Waals surface area contributed by atoms with Gasteiger partial charge < -0.3 is 14.6 Å². The van der Waals surface area contributed by atoms with Crippen LogP contribution in [0, 0.1) is 0 Å². The van der Waals surface area contributed by atoms with E-state index in [9.17, 15) is 0 Å². The second kappa shape index (κ2) is 5.01. The van der Waals surface area contributed by atoms with Crippen LogP contribution < -0.4 is 10.1 Å². The third-order valence-electron chi connectivity index (χ3n) is 3.57. The van der Waals surface area contributed by atoms with Crippen molar-refractivity contribution < 1.29 is 4.74 Å². The quantitative estimate of drug-likeness (QED) is 0.915. The zero-order valence-corrected chi connectivity index (χ0v) is 11.3. The first kappa shape index (κ1) is 12.2. The van der Waals surface area contributed by atoms with E-state index in [2.05, 4.69) is 27.0 Å². The van der Waals surface area contributed by atoms with Crippen molar-refractivity contribution in [3.05, 3.63) is 30.1 Å². The first-order chi connectivity index (χ1) is 9.33. The standard InChI is InChI=1S/C14H18N4O/c1-3-12-14-17-16-13(18(14)9-8-15-12)10-4-6-11(19-2)7-5-10/h4-7,12,15H,3,8-9H2,1-2H3. The molecule has 0 saturated heterocycles. The predicted molar refractivity (Wildman–Crippen MR) is 73.0 cm³/mol. The van der Waals surface area contributed by atoms with Crippen LogP contribution in [-0.2, 0) is 6.54 Å². The molecule has 0 saturated carbocycles. The molecule has 0 bridgehead atoms. The Morgan fingerprint density at radius 1 is 1.32 bits per heavy atom. The van der Waals surface area contributed by atoms with Gasteiger partial charge in [0.2, 0.25) is 0 Å². The van der Waals surface area contributed by atoms with Crippen molar-refractivity contribution >= 4 is 0 Å². The summed E-state index contributed by atoms with van der Waals surface area (Å²) in [7, 11) is 1.67. The summed E-state index contributed by atoms with van der Waals surface area (Å²) in [5.74, 6) is 2.84. The number of nitrogens with zero attached hydrogens (tertiary/aromatic N) is 3. The van der Waals surface area contributed by atoms with Crippen LogP contribution in [0.15, 0.2) is 24.3 Å². The van der Waals surface area contributed by atoms with Gasteiger partial charge in [0.25, 0.3) is 0 Å². The molecule has 0 aliphatic carbocycles. The highest BCUT2D eigenvalue weighted by Gasteiger charge is 2.23. The molecule has 1 atom stereocenters. The lowest BCUT2D eigenvalue weighted by Gasteiger charge is -2.24. The molecule has 1 aliphatic rings. The molecule has 0 spiro atoms. The molecule has 0 amide bonds.